The molecular formula is C13H19Cl2N5O2S. The van der Waals surface area contributed by atoms with Gasteiger partial charge in [0.2, 0.25) is 11.8 Å². The molecule has 1 atom stereocenters. The third kappa shape index (κ3) is 5.13. The maximum Gasteiger partial charge on any atom is 0.242 e. The Morgan fingerprint density at radius 2 is 2.22 bits per heavy atom. The van der Waals surface area contributed by atoms with Crippen LogP contribution in [-0.2, 0) is 9.59 Å². The SMILES string of the molecule is Cl.Cl.O=C1CN(c2ccc(NC(=O)C3CSCN3)cn2)CCN1. The van der Waals surface area contributed by atoms with Crippen molar-refractivity contribution >= 4 is 59.9 Å². The summed E-state index contributed by atoms with van der Waals surface area (Å²) in [7, 11) is 0. The number of pyridine rings is 1. The number of hydrogen-bond donors (Lipinski definition) is 3. The zero-order valence-electron chi connectivity index (χ0n) is 12.3. The van der Waals surface area contributed by atoms with Gasteiger partial charge in [-0.15, -0.1) is 36.6 Å². The quantitative estimate of drug-likeness (QED) is 0.707. The normalized spacial score (nSPS) is 20.1. The largest absolute Gasteiger partial charge is 0.353 e. The van der Waals surface area contributed by atoms with Crippen LogP contribution in [0.25, 0.3) is 0 Å². The molecule has 0 aliphatic carbocycles. The second-order valence-corrected chi connectivity index (χ2v) is 5.97. The summed E-state index contributed by atoms with van der Waals surface area (Å²) in [5, 5.41) is 8.75. The fourth-order valence-corrected chi connectivity index (χ4v) is 3.22. The summed E-state index contributed by atoms with van der Waals surface area (Å²) in [6, 6.07) is 3.50. The molecule has 2 aliphatic rings. The Bertz CT molecular complexity index is 540. The van der Waals surface area contributed by atoms with Crippen molar-refractivity contribution < 1.29 is 9.59 Å². The van der Waals surface area contributed by atoms with Gasteiger partial charge in [-0.3, -0.25) is 14.9 Å². The highest BCUT2D eigenvalue weighted by molar-refractivity contribution is 7.99. The van der Waals surface area contributed by atoms with Gasteiger partial charge in [0, 0.05) is 24.7 Å². The number of aromatic nitrogens is 1. The standard InChI is InChI=1S/C13H17N5O2S.2ClH/c19-12-6-18(4-3-14-12)11-2-1-9(5-15-11)17-13(20)10-7-21-8-16-10;;/h1-2,5,10,16H,3-4,6-8H2,(H,14,19)(H,17,20);2*1H. The molecule has 2 aliphatic heterocycles. The van der Waals surface area contributed by atoms with Gasteiger partial charge in [-0.05, 0) is 12.1 Å². The Kier molecular flexibility index (Phi) is 7.90. The zero-order valence-corrected chi connectivity index (χ0v) is 14.7. The Morgan fingerprint density at radius 3 is 2.83 bits per heavy atom. The Hall–Kier alpha value is -1.22. The van der Waals surface area contributed by atoms with Crippen molar-refractivity contribution in [2.24, 2.45) is 0 Å². The molecule has 23 heavy (non-hydrogen) atoms. The molecule has 1 aromatic rings. The molecule has 0 spiro atoms. The van der Waals surface area contributed by atoms with E-state index in [-0.39, 0.29) is 42.7 Å². The number of piperazine rings is 1. The van der Waals surface area contributed by atoms with Gasteiger partial charge in [0.25, 0.3) is 0 Å². The average molecular weight is 380 g/mol. The molecule has 0 aromatic carbocycles. The van der Waals surface area contributed by atoms with E-state index in [0.29, 0.717) is 18.8 Å². The molecule has 2 saturated heterocycles. The fraction of sp³-hybridized carbons (Fsp3) is 0.462. The first kappa shape index (κ1) is 19.8. The van der Waals surface area contributed by atoms with Crippen LogP contribution in [0.4, 0.5) is 11.5 Å². The topological polar surface area (TPSA) is 86.4 Å². The minimum atomic E-state index is -0.138. The van der Waals surface area contributed by atoms with Crippen molar-refractivity contribution in [2.75, 3.05) is 41.5 Å². The second-order valence-electron chi connectivity index (χ2n) is 4.94. The summed E-state index contributed by atoms with van der Waals surface area (Å²) in [5.41, 5.74) is 0.670. The lowest BCUT2D eigenvalue weighted by Gasteiger charge is -2.27. The van der Waals surface area contributed by atoms with E-state index in [1.165, 1.54) is 0 Å². The summed E-state index contributed by atoms with van der Waals surface area (Å²) >= 11 is 1.71. The second kappa shape index (κ2) is 9.17. The van der Waals surface area contributed by atoms with Gasteiger partial charge in [-0.25, -0.2) is 4.98 Å². The zero-order chi connectivity index (χ0) is 14.7. The Morgan fingerprint density at radius 1 is 1.39 bits per heavy atom. The molecule has 3 rings (SSSR count). The number of thioether (sulfide) groups is 1. The van der Waals surface area contributed by atoms with Gasteiger partial charge < -0.3 is 15.5 Å². The van der Waals surface area contributed by atoms with Crippen molar-refractivity contribution in [2.45, 2.75) is 6.04 Å². The molecule has 0 saturated carbocycles. The molecule has 10 heteroatoms. The van der Waals surface area contributed by atoms with E-state index in [4.69, 9.17) is 0 Å². The number of halogens is 2. The van der Waals surface area contributed by atoms with E-state index < -0.39 is 0 Å². The van der Waals surface area contributed by atoms with Crippen LogP contribution in [0.2, 0.25) is 0 Å². The summed E-state index contributed by atoms with van der Waals surface area (Å²) in [6.45, 7) is 1.69. The van der Waals surface area contributed by atoms with Gasteiger partial charge in [0.15, 0.2) is 0 Å². The lowest BCUT2D eigenvalue weighted by atomic mass is 10.3. The first-order chi connectivity index (χ1) is 10.2. The van der Waals surface area contributed by atoms with Crippen LogP contribution in [-0.4, -0.2) is 54.1 Å². The maximum absolute atomic E-state index is 12.0. The highest BCUT2D eigenvalue weighted by Crippen LogP contribution is 2.16. The molecule has 3 N–H and O–H groups in total. The molecule has 2 fully saturated rings. The number of hydrogen-bond acceptors (Lipinski definition) is 6. The van der Waals surface area contributed by atoms with Gasteiger partial charge in [0.05, 0.1) is 24.5 Å². The minimum Gasteiger partial charge on any atom is -0.353 e. The average Bonchev–Trinajstić information content (AvgIpc) is 3.02. The molecule has 2 amide bonds. The van der Waals surface area contributed by atoms with Crippen LogP contribution in [0.3, 0.4) is 0 Å². The highest BCUT2D eigenvalue weighted by Gasteiger charge is 2.22. The van der Waals surface area contributed by atoms with E-state index in [1.54, 1.807) is 18.0 Å². The third-order valence-corrected chi connectivity index (χ3v) is 4.35. The molecule has 1 unspecified atom stereocenters. The van der Waals surface area contributed by atoms with Crippen molar-refractivity contribution in [3.63, 3.8) is 0 Å². The van der Waals surface area contributed by atoms with Gasteiger partial charge in [0.1, 0.15) is 5.82 Å². The number of nitrogens with zero attached hydrogens (tertiary/aromatic N) is 2. The van der Waals surface area contributed by atoms with Crippen molar-refractivity contribution in [1.82, 2.24) is 15.6 Å². The van der Waals surface area contributed by atoms with E-state index in [1.807, 2.05) is 17.0 Å². The fourth-order valence-electron chi connectivity index (χ4n) is 2.27. The first-order valence-corrected chi connectivity index (χ1v) is 7.97. The van der Waals surface area contributed by atoms with E-state index in [2.05, 4.69) is 20.9 Å². The van der Waals surface area contributed by atoms with Crippen LogP contribution < -0.4 is 20.9 Å². The summed E-state index contributed by atoms with van der Waals surface area (Å²) < 4.78 is 0. The van der Waals surface area contributed by atoms with Gasteiger partial charge >= 0.3 is 0 Å². The van der Waals surface area contributed by atoms with E-state index >= 15 is 0 Å². The smallest absolute Gasteiger partial charge is 0.242 e. The number of nitrogens with one attached hydrogen (secondary N) is 3. The molecule has 7 nitrogen and oxygen atoms in total. The summed E-state index contributed by atoms with van der Waals surface area (Å²) in [5.74, 6) is 2.32. The maximum atomic E-state index is 12.0. The number of carbonyl (C=O) groups excluding carboxylic acids is 2. The van der Waals surface area contributed by atoms with Crippen molar-refractivity contribution in [3.05, 3.63) is 18.3 Å². The van der Waals surface area contributed by atoms with Crippen LogP contribution in [0.5, 0.6) is 0 Å². The molecule has 0 bridgehead atoms. The first-order valence-electron chi connectivity index (χ1n) is 6.82. The van der Waals surface area contributed by atoms with Crippen molar-refractivity contribution in [3.8, 4) is 0 Å². The predicted molar refractivity (Wildman–Crippen MR) is 96.8 cm³/mol. The number of rotatable bonds is 3. The monoisotopic (exact) mass is 379 g/mol. The third-order valence-electron chi connectivity index (χ3n) is 3.41. The lowest BCUT2D eigenvalue weighted by Crippen LogP contribution is -2.48. The van der Waals surface area contributed by atoms with E-state index in [0.717, 1.165) is 24.0 Å². The molecule has 0 radical (unpaired) electrons. The van der Waals surface area contributed by atoms with Crippen LogP contribution in [0, 0.1) is 0 Å². The highest BCUT2D eigenvalue weighted by atomic mass is 35.5. The Balaban J connectivity index is 0.00000132. The van der Waals surface area contributed by atoms with E-state index in [9.17, 15) is 9.59 Å². The lowest BCUT2D eigenvalue weighted by molar-refractivity contribution is -0.120. The van der Waals surface area contributed by atoms with Gasteiger partial charge in [-0.2, -0.15) is 0 Å². The number of amides is 2. The van der Waals surface area contributed by atoms with Crippen LogP contribution in [0.15, 0.2) is 18.3 Å². The molecular weight excluding hydrogens is 361 g/mol. The van der Waals surface area contributed by atoms with Crippen LogP contribution in [0.1, 0.15) is 0 Å². The van der Waals surface area contributed by atoms with Crippen molar-refractivity contribution in [1.29, 1.82) is 0 Å². The summed E-state index contributed by atoms with van der Waals surface area (Å²) in [6.07, 6.45) is 1.63. The molecule has 3 heterocycles. The van der Waals surface area contributed by atoms with Gasteiger partial charge in [-0.1, -0.05) is 0 Å². The Labute approximate surface area is 151 Å². The van der Waals surface area contributed by atoms with Crippen LogP contribution >= 0.6 is 36.6 Å². The molecule has 1 aromatic heterocycles. The molecule has 128 valence electrons. The summed E-state index contributed by atoms with van der Waals surface area (Å²) in [4.78, 5) is 29.6. The number of anilines is 2. The number of carbonyl (C=O) groups is 2. The predicted octanol–water partition coefficient (Wildman–Crippen LogP) is 0.462. The minimum absolute atomic E-state index is 0.